The molecule has 2 aromatic heterocycles. The molecule has 4 rings (SSSR count). The molecule has 0 saturated carbocycles. The maximum absolute atomic E-state index is 12.8. The second kappa shape index (κ2) is 9.02. The number of carbonyl (C=O) groups excluding carboxylic acids is 1. The van der Waals surface area contributed by atoms with E-state index in [1.807, 2.05) is 36.9 Å². The van der Waals surface area contributed by atoms with Gasteiger partial charge in [-0.2, -0.15) is 0 Å². The standard InChI is InChI=1S/C21H28N4O4/c1-3-18-21(15(2)23-29-18)17-6-4-5-16(22-17)19-13-25(9-12-28-19)20(26)14-24-7-10-27-11-8-24/h4-6,19H,3,7-14H2,1-2H3/t19-/m1/s1. The van der Waals surface area contributed by atoms with Crippen LogP contribution < -0.4 is 0 Å². The largest absolute Gasteiger partial charge is 0.379 e. The summed E-state index contributed by atoms with van der Waals surface area (Å²) in [7, 11) is 0. The van der Waals surface area contributed by atoms with E-state index in [0.29, 0.717) is 39.5 Å². The Morgan fingerprint density at radius 2 is 2.03 bits per heavy atom. The van der Waals surface area contributed by atoms with Crippen molar-refractivity contribution in [2.45, 2.75) is 26.4 Å². The zero-order valence-electron chi connectivity index (χ0n) is 17.1. The number of ether oxygens (including phenoxy) is 2. The Labute approximate surface area is 170 Å². The number of hydrogen-bond donors (Lipinski definition) is 0. The SMILES string of the molecule is CCc1onc(C)c1-c1cccc([C@H]2CN(C(=O)CN3CCOCC3)CCO2)n1. The second-order valence-electron chi connectivity index (χ2n) is 7.46. The van der Waals surface area contributed by atoms with Gasteiger partial charge in [-0.15, -0.1) is 0 Å². The topological polar surface area (TPSA) is 80.9 Å². The van der Waals surface area contributed by atoms with Gasteiger partial charge in [0.15, 0.2) is 0 Å². The molecule has 0 bridgehead atoms. The van der Waals surface area contributed by atoms with E-state index < -0.39 is 0 Å². The Morgan fingerprint density at radius 1 is 1.21 bits per heavy atom. The third kappa shape index (κ3) is 4.49. The number of carbonyl (C=O) groups is 1. The number of nitrogens with zero attached hydrogens (tertiary/aromatic N) is 4. The molecule has 0 aromatic carbocycles. The summed E-state index contributed by atoms with van der Waals surface area (Å²) in [6, 6.07) is 5.90. The number of morpholine rings is 2. The molecule has 156 valence electrons. The van der Waals surface area contributed by atoms with Crippen LogP contribution in [0.25, 0.3) is 11.3 Å². The second-order valence-corrected chi connectivity index (χ2v) is 7.46. The molecule has 8 heteroatoms. The van der Waals surface area contributed by atoms with Crippen molar-refractivity contribution in [3.63, 3.8) is 0 Å². The summed E-state index contributed by atoms with van der Waals surface area (Å²) in [5.74, 6) is 0.971. The molecule has 2 aliphatic heterocycles. The third-order valence-corrected chi connectivity index (χ3v) is 5.49. The first-order valence-corrected chi connectivity index (χ1v) is 10.3. The molecule has 8 nitrogen and oxygen atoms in total. The molecule has 2 saturated heterocycles. The molecule has 2 fully saturated rings. The van der Waals surface area contributed by atoms with Gasteiger partial charge < -0.3 is 18.9 Å². The zero-order chi connectivity index (χ0) is 20.2. The lowest BCUT2D eigenvalue weighted by atomic mass is 10.1. The van der Waals surface area contributed by atoms with Crippen molar-refractivity contribution < 1.29 is 18.8 Å². The minimum absolute atomic E-state index is 0.138. The molecule has 1 amide bonds. The van der Waals surface area contributed by atoms with Crippen LogP contribution >= 0.6 is 0 Å². The number of hydrogen-bond acceptors (Lipinski definition) is 7. The molecule has 0 N–H and O–H groups in total. The van der Waals surface area contributed by atoms with Crippen LogP contribution in [0.15, 0.2) is 22.7 Å². The van der Waals surface area contributed by atoms with Crippen LogP contribution in [0.2, 0.25) is 0 Å². The molecule has 0 spiro atoms. The average Bonchev–Trinajstić information content (AvgIpc) is 3.15. The first kappa shape index (κ1) is 20.0. The van der Waals surface area contributed by atoms with Crippen molar-refractivity contribution in [1.82, 2.24) is 19.9 Å². The van der Waals surface area contributed by atoms with Gasteiger partial charge in [0.25, 0.3) is 0 Å². The van der Waals surface area contributed by atoms with Crippen LogP contribution in [-0.2, 0) is 20.7 Å². The maximum atomic E-state index is 12.8. The number of aryl methyl sites for hydroxylation is 2. The summed E-state index contributed by atoms with van der Waals surface area (Å²) in [5, 5.41) is 4.08. The predicted molar refractivity (Wildman–Crippen MR) is 106 cm³/mol. The number of aromatic nitrogens is 2. The quantitative estimate of drug-likeness (QED) is 0.757. The van der Waals surface area contributed by atoms with Crippen LogP contribution in [0.4, 0.5) is 0 Å². The van der Waals surface area contributed by atoms with Crippen LogP contribution in [0.1, 0.15) is 30.2 Å². The lowest BCUT2D eigenvalue weighted by Crippen LogP contribution is -2.48. The van der Waals surface area contributed by atoms with Crippen molar-refractivity contribution in [1.29, 1.82) is 0 Å². The highest BCUT2D eigenvalue weighted by atomic mass is 16.5. The van der Waals surface area contributed by atoms with Gasteiger partial charge in [-0.3, -0.25) is 9.69 Å². The van der Waals surface area contributed by atoms with Crippen molar-refractivity contribution in [3.05, 3.63) is 35.3 Å². The lowest BCUT2D eigenvalue weighted by Gasteiger charge is -2.35. The lowest BCUT2D eigenvalue weighted by molar-refractivity contribution is -0.141. The van der Waals surface area contributed by atoms with Crippen LogP contribution in [0.3, 0.4) is 0 Å². The predicted octanol–water partition coefficient (Wildman–Crippen LogP) is 1.84. The Bertz CT molecular complexity index is 847. The molecule has 29 heavy (non-hydrogen) atoms. The Hall–Kier alpha value is -2.29. The first-order valence-electron chi connectivity index (χ1n) is 10.3. The smallest absolute Gasteiger partial charge is 0.236 e. The van der Waals surface area contributed by atoms with E-state index >= 15 is 0 Å². The van der Waals surface area contributed by atoms with E-state index in [4.69, 9.17) is 19.0 Å². The molecular formula is C21H28N4O4. The van der Waals surface area contributed by atoms with Gasteiger partial charge in [0, 0.05) is 26.1 Å². The van der Waals surface area contributed by atoms with Crippen molar-refractivity contribution >= 4 is 5.91 Å². The highest BCUT2D eigenvalue weighted by Crippen LogP contribution is 2.29. The normalized spacial score (nSPS) is 20.8. The highest BCUT2D eigenvalue weighted by Gasteiger charge is 2.28. The summed E-state index contributed by atoms with van der Waals surface area (Å²) in [4.78, 5) is 21.6. The molecule has 1 atom stereocenters. The fourth-order valence-corrected chi connectivity index (χ4v) is 3.86. The number of rotatable bonds is 5. The summed E-state index contributed by atoms with van der Waals surface area (Å²) in [6.45, 7) is 9.04. The summed E-state index contributed by atoms with van der Waals surface area (Å²) >= 11 is 0. The van der Waals surface area contributed by atoms with E-state index in [9.17, 15) is 4.79 Å². The molecule has 4 heterocycles. The average molecular weight is 400 g/mol. The molecule has 0 aliphatic carbocycles. The van der Waals surface area contributed by atoms with Gasteiger partial charge in [0.05, 0.1) is 55.6 Å². The fraction of sp³-hybridized carbons (Fsp3) is 0.571. The third-order valence-electron chi connectivity index (χ3n) is 5.49. The van der Waals surface area contributed by atoms with Crippen molar-refractivity contribution in [2.24, 2.45) is 0 Å². The fourth-order valence-electron chi connectivity index (χ4n) is 3.86. The van der Waals surface area contributed by atoms with Gasteiger partial charge in [-0.1, -0.05) is 18.1 Å². The number of amides is 1. The van der Waals surface area contributed by atoms with Gasteiger partial charge in [0.2, 0.25) is 5.91 Å². The highest BCUT2D eigenvalue weighted by molar-refractivity contribution is 5.78. The molecule has 0 unspecified atom stereocenters. The van der Waals surface area contributed by atoms with Gasteiger partial charge in [-0.25, -0.2) is 4.98 Å². The Morgan fingerprint density at radius 3 is 2.83 bits per heavy atom. The van der Waals surface area contributed by atoms with Crippen LogP contribution in [0.5, 0.6) is 0 Å². The zero-order valence-corrected chi connectivity index (χ0v) is 17.1. The Balaban J connectivity index is 1.47. The van der Waals surface area contributed by atoms with Crippen molar-refractivity contribution in [3.8, 4) is 11.3 Å². The summed E-state index contributed by atoms with van der Waals surface area (Å²) in [6.07, 6.45) is 0.522. The molecule has 2 aromatic rings. The van der Waals surface area contributed by atoms with E-state index in [1.54, 1.807) is 0 Å². The van der Waals surface area contributed by atoms with Gasteiger partial charge in [-0.05, 0) is 19.1 Å². The maximum Gasteiger partial charge on any atom is 0.236 e. The van der Waals surface area contributed by atoms with E-state index in [-0.39, 0.29) is 12.0 Å². The monoisotopic (exact) mass is 400 g/mol. The summed E-state index contributed by atoms with van der Waals surface area (Å²) in [5.41, 5.74) is 3.44. The first-order chi connectivity index (χ1) is 14.2. The van der Waals surface area contributed by atoms with E-state index in [1.165, 1.54) is 0 Å². The Kier molecular flexibility index (Phi) is 6.22. The van der Waals surface area contributed by atoms with Gasteiger partial charge in [0.1, 0.15) is 11.9 Å². The van der Waals surface area contributed by atoms with Gasteiger partial charge >= 0.3 is 0 Å². The van der Waals surface area contributed by atoms with Crippen molar-refractivity contribution in [2.75, 3.05) is 52.5 Å². The molecule has 2 aliphatic rings. The van der Waals surface area contributed by atoms with E-state index in [2.05, 4.69) is 10.1 Å². The molecule has 0 radical (unpaired) electrons. The minimum atomic E-state index is -0.234. The minimum Gasteiger partial charge on any atom is -0.379 e. The van der Waals surface area contributed by atoms with E-state index in [0.717, 1.165) is 47.9 Å². The molecular weight excluding hydrogens is 372 g/mol. The van der Waals surface area contributed by atoms with Crippen LogP contribution in [0, 0.1) is 6.92 Å². The van der Waals surface area contributed by atoms with Crippen LogP contribution in [-0.4, -0.2) is 78.4 Å². The summed E-state index contributed by atoms with van der Waals surface area (Å²) < 4.78 is 16.7. The number of pyridine rings is 1.